The number of benzene rings is 1. The molecule has 1 rings (SSSR count). The normalized spacial score (nSPS) is 10.0. The molecule has 0 radical (unpaired) electrons. The van der Waals surface area contributed by atoms with Gasteiger partial charge < -0.3 is 0 Å². The van der Waals surface area contributed by atoms with E-state index in [9.17, 15) is 8.42 Å². The molecule has 0 aromatic heterocycles. The first kappa shape index (κ1) is 13.9. The highest BCUT2D eigenvalue weighted by Crippen LogP contribution is 1.97. The summed E-state index contributed by atoms with van der Waals surface area (Å²) in [4.78, 5) is 0. The van der Waals surface area contributed by atoms with Crippen molar-refractivity contribution >= 4 is 15.9 Å². The van der Waals surface area contributed by atoms with E-state index in [1.807, 2.05) is 36.4 Å². The second kappa shape index (κ2) is 7.23. The van der Waals surface area contributed by atoms with Gasteiger partial charge in [-0.25, -0.2) is 8.42 Å². The molecule has 0 bridgehead atoms. The minimum atomic E-state index is -2.66. The van der Waals surface area contributed by atoms with Gasteiger partial charge in [0.15, 0.2) is 0 Å². The molecule has 0 spiro atoms. The summed E-state index contributed by atoms with van der Waals surface area (Å²) in [5.41, 5.74) is 1.17. The highest BCUT2D eigenvalue weighted by atomic mass is 32.2. The summed E-state index contributed by atoms with van der Waals surface area (Å²) in [7, 11) is -2.66. The highest BCUT2D eigenvalue weighted by molar-refractivity contribution is 7.91. The van der Waals surface area contributed by atoms with Crippen molar-refractivity contribution in [3.63, 3.8) is 0 Å². The maximum atomic E-state index is 10.4. The predicted octanol–water partition coefficient (Wildman–Crippen LogP) is 2.77. The lowest BCUT2D eigenvalue weighted by Crippen LogP contribution is -2.04. The van der Waals surface area contributed by atoms with E-state index in [-0.39, 0.29) is 11.5 Å². The lowest BCUT2D eigenvalue weighted by Gasteiger charge is -1.89. The fourth-order valence-corrected chi connectivity index (χ4v) is 1.20. The van der Waals surface area contributed by atoms with Crippen LogP contribution in [0.2, 0.25) is 0 Å². The van der Waals surface area contributed by atoms with Crippen LogP contribution in [0.5, 0.6) is 0 Å². The lowest BCUT2D eigenvalue weighted by atomic mass is 10.2. The van der Waals surface area contributed by atoms with Gasteiger partial charge in [0.1, 0.15) is 9.84 Å². The monoisotopic (exact) mass is 226 g/mol. The van der Waals surface area contributed by atoms with Crippen molar-refractivity contribution in [2.24, 2.45) is 0 Å². The van der Waals surface area contributed by atoms with Crippen LogP contribution in [0.25, 0.3) is 6.08 Å². The molecule has 0 heterocycles. The quantitative estimate of drug-likeness (QED) is 0.794. The Hall–Kier alpha value is -1.09. The van der Waals surface area contributed by atoms with Gasteiger partial charge in [-0.15, -0.1) is 0 Å². The van der Waals surface area contributed by atoms with E-state index in [0.717, 1.165) is 0 Å². The maximum absolute atomic E-state index is 10.4. The van der Waals surface area contributed by atoms with Crippen molar-refractivity contribution in [2.75, 3.05) is 11.5 Å². The summed E-state index contributed by atoms with van der Waals surface area (Å²) in [5.74, 6) is 0.535. The molecular weight excluding hydrogens is 208 g/mol. The highest BCUT2D eigenvalue weighted by Gasteiger charge is 1.99. The van der Waals surface area contributed by atoms with E-state index in [0.29, 0.717) is 0 Å². The van der Waals surface area contributed by atoms with Crippen LogP contribution in [0.15, 0.2) is 36.9 Å². The molecule has 0 N–H and O–H groups in total. The van der Waals surface area contributed by atoms with E-state index in [1.54, 1.807) is 13.8 Å². The Morgan fingerprint density at radius 3 is 1.80 bits per heavy atom. The largest absolute Gasteiger partial charge is 0.229 e. The van der Waals surface area contributed by atoms with Crippen LogP contribution in [0.3, 0.4) is 0 Å². The fourth-order valence-electron chi connectivity index (χ4n) is 0.793. The lowest BCUT2D eigenvalue weighted by molar-refractivity contribution is 0.598. The average molecular weight is 226 g/mol. The zero-order valence-corrected chi connectivity index (χ0v) is 10.1. The smallest absolute Gasteiger partial charge is 0.149 e. The summed E-state index contributed by atoms with van der Waals surface area (Å²) in [6.45, 7) is 6.93. The molecule has 0 saturated carbocycles. The van der Waals surface area contributed by atoms with Crippen molar-refractivity contribution in [3.05, 3.63) is 42.5 Å². The zero-order chi connectivity index (χ0) is 11.7. The predicted molar refractivity (Wildman–Crippen MR) is 66.5 cm³/mol. The number of hydrogen-bond acceptors (Lipinski definition) is 2. The van der Waals surface area contributed by atoms with Gasteiger partial charge in [-0.05, 0) is 5.56 Å². The maximum Gasteiger partial charge on any atom is 0.149 e. The summed E-state index contributed by atoms with van der Waals surface area (Å²) in [6, 6.07) is 10.0. The third-order valence-corrected chi connectivity index (χ3v) is 3.67. The Bertz CT molecular complexity index is 356. The average Bonchev–Trinajstić information content (AvgIpc) is 2.31. The van der Waals surface area contributed by atoms with Gasteiger partial charge in [0.2, 0.25) is 0 Å². The van der Waals surface area contributed by atoms with Crippen LogP contribution in [0, 0.1) is 0 Å². The molecule has 2 nitrogen and oxygen atoms in total. The molecule has 0 saturated heterocycles. The summed E-state index contributed by atoms with van der Waals surface area (Å²) >= 11 is 0. The van der Waals surface area contributed by atoms with Gasteiger partial charge in [-0.1, -0.05) is 56.8 Å². The molecular formula is C12H18O2S. The van der Waals surface area contributed by atoms with Gasteiger partial charge in [0.25, 0.3) is 0 Å². The van der Waals surface area contributed by atoms with E-state index < -0.39 is 9.84 Å². The van der Waals surface area contributed by atoms with Crippen LogP contribution in [-0.4, -0.2) is 19.9 Å². The molecule has 1 aromatic rings. The first-order chi connectivity index (χ1) is 7.05. The molecule has 0 amide bonds. The molecule has 0 aliphatic rings. The van der Waals surface area contributed by atoms with Crippen LogP contribution in [0.1, 0.15) is 19.4 Å². The van der Waals surface area contributed by atoms with Crippen LogP contribution in [0.4, 0.5) is 0 Å². The molecule has 15 heavy (non-hydrogen) atoms. The number of sulfone groups is 1. The Morgan fingerprint density at radius 1 is 1.13 bits per heavy atom. The standard InChI is InChI=1S/C8H8.C4H10O2S/c1-2-8-6-4-3-5-7-8;1-3-7(5,6)4-2/h2-7H,1H2;3-4H2,1-2H3. The first-order valence-corrected chi connectivity index (χ1v) is 6.75. The Balaban J connectivity index is 0.000000265. The summed E-state index contributed by atoms with van der Waals surface area (Å²) < 4.78 is 20.7. The molecule has 0 aliphatic heterocycles. The van der Waals surface area contributed by atoms with E-state index in [4.69, 9.17) is 0 Å². The van der Waals surface area contributed by atoms with Crippen LogP contribution < -0.4 is 0 Å². The second-order valence-corrected chi connectivity index (χ2v) is 5.58. The van der Waals surface area contributed by atoms with Crippen LogP contribution in [-0.2, 0) is 9.84 Å². The third-order valence-electron chi connectivity index (χ3n) is 1.91. The molecule has 0 atom stereocenters. The Kier molecular flexibility index (Phi) is 6.71. The summed E-state index contributed by atoms with van der Waals surface area (Å²) in [5, 5.41) is 0. The number of rotatable bonds is 3. The van der Waals surface area contributed by atoms with Gasteiger partial charge >= 0.3 is 0 Å². The van der Waals surface area contributed by atoms with E-state index in [2.05, 4.69) is 6.58 Å². The molecule has 0 fully saturated rings. The SMILES string of the molecule is C=Cc1ccccc1.CCS(=O)(=O)CC. The molecule has 0 unspecified atom stereocenters. The first-order valence-electron chi connectivity index (χ1n) is 4.93. The topological polar surface area (TPSA) is 34.1 Å². The third kappa shape index (κ3) is 6.91. The zero-order valence-electron chi connectivity index (χ0n) is 9.31. The van der Waals surface area contributed by atoms with Gasteiger partial charge in [0, 0.05) is 11.5 Å². The van der Waals surface area contributed by atoms with Gasteiger partial charge in [-0.3, -0.25) is 0 Å². The van der Waals surface area contributed by atoms with Crippen molar-refractivity contribution in [2.45, 2.75) is 13.8 Å². The van der Waals surface area contributed by atoms with Gasteiger partial charge in [-0.2, -0.15) is 0 Å². The second-order valence-electron chi connectivity index (χ2n) is 2.94. The molecule has 84 valence electrons. The van der Waals surface area contributed by atoms with E-state index >= 15 is 0 Å². The Labute approximate surface area is 92.6 Å². The van der Waals surface area contributed by atoms with E-state index in [1.165, 1.54) is 5.56 Å². The Morgan fingerprint density at radius 2 is 1.60 bits per heavy atom. The van der Waals surface area contributed by atoms with Crippen molar-refractivity contribution in [1.29, 1.82) is 0 Å². The fraction of sp³-hybridized carbons (Fsp3) is 0.333. The minimum absolute atomic E-state index is 0.267. The summed E-state index contributed by atoms with van der Waals surface area (Å²) in [6.07, 6.45) is 1.83. The minimum Gasteiger partial charge on any atom is -0.229 e. The van der Waals surface area contributed by atoms with Crippen molar-refractivity contribution < 1.29 is 8.42 Å². The van der Waals surface area contributed by atoms with Crippen molar-refractivity contribution in [3.8, 4) is 0 Å². The molecule has 3 heteroatoms. The molecule has 1 aromatic carbocycles. The van der Waals surface area contributed by atoms with Gasteiger partial charge in [0.05, 0.1) is 0 Å². The number of hydrogen-bond donors (Lipinski definition) is 0. The van der Waals surface area contributed by atoms with Crippen molar-refractivity contribution in [1.82, 2.24) is 0 Å². The molecule has 0 aliphatic carbocycles. The van der Waals surface area contributed by atoms with Crippen LogP contribution >= 0.6 is 0 Å².